The van der Waals surface area contributed by atoms with Gasteiger partial charge in [0.2, 0.25) is 0 Å². The van der Waals surface area contributed by atoms with E-state index in [1.807, 2.05) is 25.1 Å². The van der Waals surface area contributed by atoms with Crippen LogP contribution in [0.15, 0.2) is 40.7 Å². The molecule has 1 aromatic heterocycles. The van der Waals surface area contributed by atoms with E-state index < -0.39 is 0 Å². The zero-order chi connectivity index (χ0) is 16.6. The Hall–Kier alpha value is -1.19. The molecule has 0 aliphatic carbocycles. The van der Waals surface area contributed by atoms with Crippen LogP contribution in [0.5, 0.6) is 0 Å². The molecule has 0 bridgehead atoms. The van der Waals surface area contributed by atoms with Gasteiger partial charge in [0, 0.05) is 24.2 Å². The maximum Gasteiger partial charge on any atom is 0.192 e. The van der Waals surface area contributed by atoms with E-state index in [1.54, 1.807) is 11.3 Å². The van der Waals surface area contributed by atoms with Crippen LogP contribution in [0.4, 0.5) is 0 Å². The summed E-state index contributed by atoms with van der Waals surface area (Å²) in [6.45, 7) is 5.01. The van der Waals surface area contributed by atoms with Crippen LogP contribution in [0.25, 0.3) is 0 Å². The van der Waals surface area contributed by atoms with E-state index in [4.69, 9.17) is 9.73 Å². The average Bonchev–Trinajstić information content (AvgIpc) is 3.27. The minimum atomic E-state index is 0. The third kappa shape index (κ3) is 6.91. The first-order valence-corrected chi connectivity index (χ1v) is 9.26. The number of rotatable bonds is 6. The average molecular weight is 472 g/mol. The van der Waals surface area contributed by atoms with Crippen LogP contribution in [0, 0.1) is 6.92 Å². The third-order valence-corrected chi connectivity index (χ3v) is 4.82. The predicted octanol–water partition coefficient (Wildman–Crippen LogP) is 3.48. The number of thiazole rings is 1. The molecule has 2 aromatic rings. The van der Waals surface area contributed by atoms with Crippen LogP contribution in [0.3, 0.4) is 0 Å². The molecule has 1 atom stereocenters. The lowest BCUT2D eigenvalue weighted by Crippen LogP contribution is -2.40. The first-order chi connectivity index (χ1) is 11.8. The SMILES string of the molecule is Cc1csc(CNC(=NCc2ccccc2)NCC2CCCO2)n1.I. The quantitative estimate of drug-likeness (QED) is 0.384. The molecule has 1 saturated heterocycles. The smallest absolute Gasteiger partial charge is 0.192 e. The van der Waals surface area contributed by atoms with Crippen molar-refractivity contribution in [2.24, 2.45) is 4.99 Å². The van der Waals surface area contributed by atoms with E-state index in [9.17, 15) is 0 Å². The van der Waals surface area contributed by atoms with E-state index in [1.165, 1.54) is 5.56 Å². The van der Waals surface area contributed by atoms with Gasteiger partial charge in [-0.3, -0.25) is 0 Å². The second-order valence-electron chi connectivity index (χ2n) is 5.90. The topological polar surface area (TPSA) is 58.5 Å². The Morgan fingerprint density at radius 3 is 2.84 bits per heavy atom. The molecule has 0 spiro atoms. The number of aromatic nitrogens is 1. The van der Waals surface area contributed by atoms with Crippen molar-refractivity contribution in [2.75, 3.05) is 13.2 Å². The van der Waals surface area contributed by atoms with Gasteiger partial charge in [-0.05, 0) is 25.3 Å². The molecular formula is C18H25IN4OS. The maximum absolute atomic E-state index is 5.68. The minimum Gasteiger partial charge on any atom is -0.376 e. The fourth-order valence-corrected chi connectivity index (χ4v) is 3.30. The number of aliphatic imine (C=N–C) groups is 1. The zero-order valence-electron chi connectivity index (χ0n) is 14.4. The van der Waals surface area contributed by atoms with Gasteiger partial charge >= 0.3 is 0 Å². The molecule has 1 aliphatic heterocycles. The first-order valence-electron chi connectivity index (χ1n) is 8.38. The third-order valence-electron chi connectivity index (χ3n) is 3.86. The van der Waals surface area contributed by atoms with Crippen molar-refractivity contribution in [3.05, 3.63) is 52.0 Å². The van der Waals surface area contributed by atoms with Crippen molar-refractivity contribution < 1.29 is 4.74 Å². The van der Waals surface area contributed by atoms with Gasteiger partial charge in [0.15, 0.2) is 5.96 Å². The maximum atomic E-state index is 5.68. The Labute approximate surface area is 170 Å². The van der Waals surface area contributed by atoms with Gasteiger partial charge in [0.25, 0.3) is 0 Å². The van der Waals surface area contributed by atoms with Gasteiger partial charge in [0.05, 0.1) is 19.2 Å². The molecule has 0 amide bonds. The molecule has 25 heavy (non-hydrogen) atoms. The van der Waals surface area contributed by atoms with Crippen molar-refractivity contribution in [3.8, 4) is 0 Å². The van der Waals surface area contributed by atoms with E-state index in [-0.39, 0.29) is 30.1 Å². The van der Waals surface area contributed by atoms with Crippen LogP contribution < -0.4 is 10.6 Å². The molecule has 1 aromatic carbocycles. The van der Waals surface area contributed by atoms with E-state index in [0.29, 0.717) is 13.1 Å². The van der Waals surface area contributed by atoms with Crippen molar-refractivity contribution in [1.29, 1.82) is 0 Å². The second kappa shape index (κ2) is 10.7. The van der Waals surface area contributed by atoms with Crippen LogP contribution in [0.2, 0.25) is 0 Å². The number of nitrogens with one attached hydrogen (secondary N) is 2. The lowest BCUT2D eigenvalue weighted by Gasteiger charge is -2.15. The van der Waals surface area contributed by atoms with Crippen molar-refractivity contribution >= 4 is 41.3 Å². The summed E-state index contributed by atoms with van der Waals surface area (Å²) in [4.78, 5) is 9.18. The Morgan fingerprint density at radius 2 is 2.16 bits per heavy atom. The number of hydrogen-bond donors (Lipinski definition) is 2. The standard InChI is InChI=1S/C18H24N4OS.HI/c1-14-13-24-17(22-14)12-21-18(20-11-16-8-5-9-23-16)19-10-15-6-3-2-4-7-15;/h2-4,6-7,13,16H,5,8-12H2,1H3,(H2,19,20,21);1H. The molecule has 0 radical (unpaired) electrons. The molecule has 1 aliphatic rings. The van der Waals surface area contributed by atoms with E-state index >= 15 is 0 Å². The molecular weight excluding hydrogens is 447 g/mol. The van der Waals surface area contributed by atoms with Crippen LogP contribution in [0.1, 0.15) is 29.1 Å². The fourth-order valence-electron chi connectivity index (χ4n) is 2.59. The molecule has 1 fully saturated rings. The molecule has 0 saturated carbocycles. The van der Waals surface area contributed by atoms with Crippen molar-refractivity contribution in [1.82, 2.24) is 15.6 Å². The van der Waals surface area contributed by atoms with Crippen LogP contribution in [-0.2, 0) is 17.8 Å². The highest BCUT2D eigenvalue weighted by atomic mass is 127. The van der Waals surface area contributed by atoms with Crippen molar-refractivity contribution in [2.45, 2.75) is 39.0 Å². The minimum absolute atomic E-state index is 0. The van der Waals surface area contributed by atoms with Gasteiger partial charge in [-0.2, -0.15) is 0 Å². The lowest BCUT2D eigenvalue weighted by molar-refractivity contribution is 0.114. The van der Waals surface area contributed by atoms with Gasteiger partial charge in [-0.1, -0.05) is 30.3 Å². The lowest BCUT2D eigenvalue weighted by atomic mass is 10.2. The second-order valence-corrected chi connectivity index (χ2v) is 6.85. The Kier molecular flexibility index (Phi) is 8.63. The predicted molar refractivity (Wildman–Crippen MR) is 114 cm³/mol. The number of benzene rings is 1. The zero-order valence-corrected chi connectivity index (χ0v) is 17.6. The fraction of sp³-hybridized carbons (Fsp3) is 0.444. The Morgan fingerprint density at radius 1 is 1.32 bits per heavy atom. The first kappa shape index (κ1) is 20.1. The summed E-state index contributed by atoms with van der Waals surface area (Å²) >= 11 is 1.67. The Bertz CT molecular complexity index is 656. The number of halogens is 1. The number of hydrogen-bond acceptors (Lipinski definition) is 4. The monoisotopic (exact) mass is 472 g/mol. The van der Waals surface area contributed by atoms with Gasteiger partial charge in [-0.25, -0.2) is 9.98 Å². The summed E-state index contributed by atoms with van der Waals surface area (Å²) in [5.74, 6) is 0.808. The molecule has 136 valence electrons. The molecule has 2 N–H and O–H groups in total. The molecule has 7 heteroatoms. The summed E-state index contributed by atoms with van der Waals surface area (Å²) in [5, 5.41) is 9.91. The molecule has 3 rings (SSSR count). The molecule has 2 heterocycles. The number of ether oxygens (including phenoxy) is 1. The summed E-state index contributed by atoms with van der Waals surface area (Å²) in [7, 11) is 0. The van der Waals surface area contributed by atoms with Crippen LogP contribution in [-0.4, -0.2) is 30.2 Å². The summed E-state index contributed by atoms with van der Waals surface area (Å²) in [6.07, 6.45) is 2.55. The van der Waals surface area contributed by atoms with Gasteiger partial charge in [0.1, 0.15) is 5.01 Å². The highest BCUT2D eigenvalue weighted by Gasteiger charge is 2.15. The van der Waals surface area contributed by atoms with E-state index in [0.717, 1.165) is 42.7 Å². The number of aryl methyl sites for hydroxylation is 1. The summed E-state index contributed by atoms with van der Waals surface area (Å²) in [6, 6.07) is 10.3. The Balaban J connectivity index is 0.00000225. The molecule has 5 nitrogen and oxygen atoms in total. The summed E-state index contributed by atoms with van der Waals surface area (Å²) in [5.41, 5.74) is 2.26. The molecule has 1 unspecified atom stereocenters. The largest absolute Gasteiger partial charge is 0.376 e. The highest BCUT2D eigenvalue weighted by molar-refractivity contribution is 14.0. The van der Waals surface area contributed by atoms with E-state index in [2.05, 4.69) is 33.1 Å². The number of nitrogens with zero attached hydrogens (tertiary/aromatic N) is 2. The van der Waals surface area contributed by atoms with Crippen molar-refractivity contribution in [3.63, 3.8) is 0 Å². The van der Waals surface area contributed by atoms with Gasteiger partial charge < -0.3 is 15.4 Å². The van der Waals surface area contributed by atoms with Crippen LogP contribution >= 0.6 is 35.3 Å². The highest BCUT2D eigenvalue weighted by Crippen LogP contribution is 2.11. The summed E-state index contributed by atoms with van der Waals surface area (Å²) < 4.78 is 5.68. The normalized spacial score (nSPS) is 17.2. The number of guanidine groups is 1. The van der Waals surface area contributed by atoms with Gasteiger partial charge in [-0.15, -0.1) is 35.3 Å².